The van der Waals surface area contributed by atoms with Crippen molar-refractivity contribution >= 4 is 11.3 Å². The van der Waals surface area contributed by atoms with Gasteiger partial charge in [0, 0.05) is 23.7 Å². The van der Waals surface area contributed by atoms with E-state index >= 15 is 0 Å². The molecule has 0 amide bonds. The monoisotopic (exact) mass is 238 g/mol. The molecule has 1 aliphatic carbocycles. The quantitative estimate of drug-likeness (QED) is 0.873. The van der Waals surface area contributed by atoms with Gasteiger partial charge in [-0.2, -0.15) is 0 Å². The molecule has 16 heavy (non-hydrogen) atoms. The molecule has 2 nitrogen and oxygen atoms in total. The Balaban J connectivity index is 1.84. The minimum absolute atomic E-state index is 0.688. The SMILES string of the molecule is Cc1cnc(CNC2CC(C)CCC2C)s1. The Morgan fingerprint density at radius 3 is 2.94 bits per heavy atom. The number of hydrogen-bond donors (Lipinski definition) is 1. The van der Waals surface area contributed by atoms with E-state index in [1.807, 2.05) is 6.20 Å². The first-order valence-electron chi connectivity index (χ1n) is 6.30. The number of aryl methyl sites for hydroxylation is 1. The predicted molar refractivity (Wildman–Crippen MR) is 69.7 cm³/mol. The molecule has 90 valence electrons. The van der Waals surface area contributed by atoms with Crippen LogP contribution in [0.25, 0.3) is 0 Å². The lowest BCUT2D eigenvalue weighted by Crippen LogP contribution is -2.39. The zero-order chi connectivity index (χ0) is 11.5. The van der Waals surface area contributed by atoms with Crippen molar-refractivity contribution in [1.82, 2.24) is 10.3 Å². The van der Waals surface area contributed by atoms with Crippen LogP contribution in [0.4, 0.5) is 0 Å². The first kappa shape index (κ1) is 12.1. The Morgan fingerprint density at radius 1 is 1.44 bits per heavy atom. The molecule has 1 aromatic heterocycles. The molecule has 0 aliphatic heterocycles. The van der Waals surface area contributed by atoms with Gasteiger partial charge in [0.2, 0.25) is 0 Å². The second-order valence-electron chi connectivity index (χ2n) is 5.25. The molecule has 1 heterocycles. The summed E-state index contributed by atoms with van der Waals surface area (Å²) in [6, 6.07) is 0.688. The van der Waals surface area contributed by atoms with E-state index in [1.54, 1.807) is 11.3 Å². The molecular formula is C13H22N2S. The van der Waals surface area contributed by atoms with Gasteiger partial charge in [-0.15, -0.1) is 11.3 Å². The summed E-state index contributed by atoms with van der Waals surface area (Å²) in [5.41, 5.74) is 0. The standard InChI is InChI=1S/C13H22N2S/c1-9-4-5-10(2)12(6-9)14-8-13-15-7-11(3)16-13/h7,9-10,12,14H,4-6,8H2,1-3H3. The van der Waals surface area contributed by atoms with E-state index in [4.69, 9.17) is 0 Å². The van der Waals surface area contributed by atoms with Crippen LogP contribution >= 0.6 is 11.3 Å². The van der Waals surface area contributed by atoms with Crippen molar-refractivity contribution in [2.75, 3.05) is 0 Å². The molecule has 2 rings (SSSR count). The Labute approximate surface area is 102 Å². The molecule has 0 spiro atoms. The average Bonchev–Trinajstić information content (AvgIpc) is 2.66. The Kier molecular flexibility index (Phi) is 3.98. The number of aromatic nitrogens is 1. The molecule has 0 radical (unpaired) electrons. The van der Waals surface area contributed by atoms with Crippen LogP contribution < -0.4 is 5.32 Å². The predicted octanol–water partition coefficient (Wildman–Crippen LogP) is 3.37. The van der Waals surface area contributed by atoms with Crippen LogP contribution in [0.5, 0.6) is 0 Å². The maximum atomic E-state index is 4.40. The van der Waals surface area contributed by atoms with E-state index in [-0.39, 0.29) is 0 Å². The second-order valence-corrected chi connectivity index (χ2v) is 6.57. The summed E-state index contributed by atoms with van der Waals surface area (Å²) < 4.78 is 0. The van der Waals surface area contributed by atoms with Gasteiger partial charge in [0.05, 0.1) is 0 Å². The Hall–Kier alpha value is -0.410. The zero-order valence-corrected chi connectivity index (χ0v) is 11.3. The fourth-order valence-corrected chi connectivity index (χ4v) is 3.26. The smallest absolute Gasteiger partial charge is 0.107 e. The lowest BCUT2D eigenvalue weighted by atomic mass is 9.80. The average molecular weight is 238 g/mol. The molecular weight excluding hydrogens is 216 g/mol. The molecule has 3 atom stereocenters. The Bertz CT molecular complexity index is 334. The van der Waals surface area contributed by atoms with Crippen LogP contribution in [0.15, 0.2) is 6.20 Å². The maximum Gasteiger partial charge on any atom is 0.107 e. The number of thiazole rings is 1. The lowest BCUT2D eigenvalue weighted by Gasteiger charge is -2.33. The summed E-state index contributed by atoms with van der Waals surface area (Å²) in [5.74, 6) is 1.70. The topological polar surface area (TPSA) is 24.9 Å². The van der Waals surface area contributed by atoms with E-state index < -0.39 is 0 Å². The molecule has 1 fully saturated rings. The third-order valence-corrected chi connectivity index (χ3v) is 4.56. The first-order valence-corrected chi connectivity index (χ1v) is 7.11. The van der Waals surface area contributed by atoms with Gasteiger partial charge in [-0.05, 0) is 31.6 Å². The van der Waals surface area contributed by atoms with E-state index in [1.165, 1.54) is 29.1 Å². The number of rotatable bonds is 3. The summed E-state index contributed by atoms with van der Waals surface area (Å²) in [6.45, 7) is 7.80. The number of hydrogen-bond acceptors (Lipinski definition) is 3. The largest absolute Gasteiger partial charge is 0.307 e. The summed E-state index contributed by atoms with van der Waals surface area (Å²) in [7, 11) is 0. The molecule has 1 N–H and O–H groups in total. The van der Waals surface area contributed by atoms with Crippen LogP contribution in [0.1, 0.15) is 43.0 Å². The van der Waals surface area contributed by atoms with Gasteiger partial charge in [0.25, 0.3) is 0 Å². The van der Waals surface area contributed by atoms with Gasteiger partial charge in [-0.3, -0.25) is 0 Å². The Morgan fingerprint density at radius 2 is 2.25 bits per heavy atom. The van der Waals surface area contributed by atoms with Gasteiger partial charge in [-0.25, -0.2) is 4.98 Å². The van der Waals surface area contributed by atoms with E-state index in [0.29, 0.717) is 6.04 Å². The molecule has 0 bridgehead atoms. The highest BCUT2D eigenvalue weighted by molar-refractivity contribution is 7.11. The highest BCUT2D eigenvalue weighted by atomic mass is 32.1. The molecule has 1 aliphatic rings. The minimum Gasteiger partial charge on any atom is -0.307 e. The molecule has 0 saturated heterocycles. The highest BCUT2D eigenvalue weighted by Gasteiger charge is 2.24. The molecule has 3 heteroatoms. The third kappa shape index (κ3) is 3.05. The summed E-state index contributed by atoms with van der Waals surface area (Å²) >= 11 is 1.80. The summed E-state index contributed by atoms with van der Waals surface area (Å²) in [6.07, 6.45) is 6.06. The minimum atomic E-state index is 0.688. The van der Waals surface area contributed by atoms with Crippen molar-refractivity contribution in [3.8, 4) is 0 Å². The van der Waals surface area contributed by atoms with Crippen LogP contribution in [-0.2, 0) is 6.54 Å². The second kappa shape index (κ2) is 5.28. The number of nitrogens with one attached hydrogen (secondary N) is 1. The highest BCUT2D eigenvalue weighted by Crippen LogP contribution is 2.28. The zero-order valence-electron chi connectivity index (χ0n) is 10.5. The maximum absolute atomic E-state index is 4.40. The van der Waals surface area contributed by atoms with Crippen molar-refractivity contribution in [2.24, 2.45) is 11.8 Å². The van der Waals surface area contributed by atoms with Gasteiger partial charge in [0.15, 0.2) is 0 Å². The lowest BCUT2D eigenvalue weighted by molar-refractivity contribution is 0.227. The molecule has 0 aromatic carbocycles. The number of nitrogens with zero attached hydrogens (tertiary/aromatic N) is 1. The van der Waals surface area contributed by atoms with Crippen LogP contribution in [0.2, 0.25) is 0 Å². The van der Waals surface area contributed by atoms with Crippen molar-refractivity contribution in [2.45, 2.75) is 52.6 Å². The van der Waals surface area contributed by atoms with Crippen molar-refractivity contribution in [1.29, 1.82) is 0 Å². The van der Waals surface area contributed by atoms with E-state index in [2.05, 4.69) is 31.1 Å². The van der Waals surface area contributed by atoms with Crippen LogP contribution in [0, 0.1) is 18.8 Å². The first-order chi connectivity index (χ1) is 7.65. The van der Waals surface area contributed by atoms with Crippen molar-refractivity contribution in [3.63, 3.8) is 0 Å². The fraction of sp³-hybridized carbons (Fsp3) is 0.769. The van der Waals surface area contributed by atoms with Gasteiger partial charge < -0.3 is 5.32 Å². The van der Waals surface area contributed by atoms with E-state index in [9.17, 15) is 0 Å². The van der Waals surface area contributed by atoms with E-state index in [0.717, 1.165) is 18.4 Å². The summed E-state index contributed by atoms with van der Waals surface area (Å²) in [5, 5.41) is 4.90. The third-order valence-electron chi connectivity index (χ3n) is 3.64. The van der Waals surface area contributed by atoms with Gasteiger partial charge in [0.1, 0.15) is 5.01 Å². The molecule has 1 aromatic rings. The van der Waals surface area contributed by atoms with Crippen LogP contribution in [-0.4, -0.2) is 11.0 Å². The van der Waals surface area contributed by atoms with Gasteiger partial charge in [-0.1, -0.05) is 20.3 Å². The van der Waals surface area contributed by atoms with Crippen LogP contribution in [0.3, 0.4) is 0 Å². The van der Waals surface area contributed by atoms with Crippen molar-refractivity contribution in [3.05, 3.63) is 16.1 Å². The van der Waals surface area contributed by atoms with Crippen molar-refractivity contribution < 1.29 is 0 Å². The summed E-state index contributed by atoms with van der Waals surface area (Å²) in [4.78, 5) is 5.71. The molecule has 3 unspecified atom stereocenters. The van der Waals surface area contributed by atoms with Gasteiger partial charge >= 0.3 is 0 Å². The fourth-order valence-electron chi connectivity index (χ4n) is 2.52. The normalized spacial score (nSPS) is 30.6. The molecule has 1 saturated carbocycles.